The quantitative estimate of drug-likeness (QED) is 0.291. The average Bonchev–Trinajstić information content (AvgIpc) is 3.40. The van der Waals surface area contributed by atoms with Crippen LogP contribution in [0.2, 0.25) is 10.0 Å². The summed E-state index contributed by atoms with van der Waals surface area (Å²) in [5.41, 5.74) is 0.577. The van der Waals surface area contributed by atoms with Crippen molar-refractivity contribution in [3.05, 3.63) is 87.3 Å². The molecule has 7 nitrogen and oxygen atoms in total. The number of Topliss-reactive ketones (excluding diaryl/α,β-unsaturated/α-hetero) is 1. The van der Waals surface area contributed by atoms with Gasteiger partial charge < -0.3 is 23.9 Å². The van der Waals surface area contributed by atoms with Crippen molar-refractivity contribution in [2.24, 2.45) is 0 Å². The molecule has 1 atom stereocenters. The molecule has 0 bridgehead atoms. The van der Waals surface area contributed by atoms with Gasteiger partial charge in [-0.25, -0.2) is 0 Å². The largest absolute Gasteiger partial charge is 0.507 e. The molecule has 33 heavy (non-hydrogen) atoms. The van der Waals surface area contributed by atoms with Crippen LogP contribution in [0.25, 0.3) is 5.76 Å². The summed E-state index contributed by atoms with van der Waals surface area (Å²) in [4.78, 5) is 27.6. The molecule has 1 saturated heterocycles. The van der Waals surface area contributed by atoms with Gasteiger partial charge in [-0.2, -0.15) is 0 Å². The molecule has 0 saturated carbocycles. The fourth-order valence-electron chi connectivity index (χ4n) is 3.84. The van der Waals surface area contributed by atoms with Crippen LogP contribution in [0.15, 0.2) is 64.8 Å². The van der Waals surface area contributed by atoms with E-state index in [1.54, 1.807) is 36.4 Å². The number of likely N-dealkylation sites (tertiary alicyclic amines) is 1. The standard InChI is InChI=1S/C24H19Cl2NO6/c1-31-15-7-5-13(6-8-15)20-19(21(28)17-10-14(25)11-18(26)23(17)32-2)22(29)24(30)27(20)12-16-4-3-9-33-16/h3-11,20,28H,12H2,1-2H3/b21-19+. The molecule has 0 radical (unpaired) electrons. The number of aliphatic hydroxyl groups excluding tert-OH is 1. The van der Waals surface area contributed by atoms with Crippen molar-refractivity contribution in [2.45, 2.75) is 12.6 Å². The van der Waals surface area contributed by atoms with E-state index in [0.29, 0.717) is 17.1 Å². The fourth-order valence-corrected chi connectivity index (χ4v) is 4.41. The third-order valence-electron chi connectivity index (χ3n) is 5.35. The first-order chi connectivity index (χ1) is 15.8. The summed E-state index contributed by atoms with van der Waals surface area (Å²) in [5, 5.41) is 11.7. The van der Waals surface area contributed by atoms with Gasteiger partial charge in [0.15, 0.2) is 0 Å². The van der Waals surface area contributed by atoms with Crippen molar-refractivity contribution in [3.8, 4) is 11.5 Å². The Balaban J connectivity index is 1.92. The molecule has 1 fully saturated rings. The third-order valence-corrected chi connectivity index (χ3v) is 5.84. The summed E-state index contributed by atoms with van der Waals surface area (Å²) in [5.74, 6) is -0.857. The Kier molecular flexibility index (Phi) is 6.35. The van der Waals surface area contributed by atoms with Crippen molar-refractivity contribution in [1.82, 2.24) is 4.90 Å². The number of furan rings is 1. The molecule has 1 aromatic heterocycles. The van der Waals surface area contributed by atoms with Gasteiger partial charge in [-0.3, -0.25) is 9.59 Å². The number of carbonyl (C=O) groups excluding carboxylic acids is 2. The minimum absolute atomic E-state index is 0.0263. The van der Waals surface area contributed by atoms with Crippen molar-refractivity contribution in [1.29, 1.82) is 0 Å². The molecule has 4 rings (SSSR count). The number of amides is 1. The Bertz CT molecular complexity index is 1230. The monoisotopic (exact) mass is 487 g/mol. The van der Waals surface area contributed by atoms with E-state index in [1.807, 2.05) is 0 Å². The lowest BCUT2D eigenvalue weighted by atomic mass is 9.95. The summed E-state index contributed by atoms with van der Waals surface area (Å²) >= 11 is 12.4. The van der Waals surface area contributed by atoms with E-state index in [-0.39, 0.29) is 33.5 Å². The highest BCUT2D eigenvalue weighted by atomic mass is 35.5. The van der Waals surface area contributed by atoms with Crippen molar-refractivity contribution < 1.29 is 28.6 Å². The molecule has 0 spiro atoms. The van der Waals surface area contributed by atoms with E-state index in [4.69, 9.17) is 37.1 Å². The average molecular weight is 488 g/mol. The van der Waals surface area contributed by atoms with Crippen LogP contribution in [-0.4, -0.2) is 35.9 Å². The number of carbonyl (C=O) groups is 2. The first-order valence-corrected chi connectivity index (χ1v) is 10.6. The first kappa shape index (κ1) is 22.8. The van der Waals surface area contributed by atoms with E-state index < -0.39 is 23.5 Å². The number of nitrogens with zero attached hydrogens (tertiary/aromatic N) is 1. The predicted molar refractivity (Wildman–Crippen MR) is 123 cm³/mol. The van der Waals surface area contributed by atoms with Crippen LogP contribution in [0.5, 0.6) is 11.5 Å². The topological polar surface area (TPSA) is 89.2 Å². The third kappa shape index (κ3) is 4.17. The molecular formula is C24H19Cl2NO6. The van der Waals surface area contributed by atoms with Crippen LogP contribution in [0.4, 0.5) is 0 Å². The van der Waals surface area contributed by atoms with Gasteiger partial charge in [-0.15, -0.1) is 0 Å². The molecule has 0 aliphatic carbocycles. The number of hydrogen-bond acceptors (Lipinski definition) is 6. The Hall–Kier alpha value is -3.42. The van der Waals surface area contributed by atoms with Crippen LogP contribution in [0, 0.1) is 0 Å². The van der Waals surface area contributed by atoms with Gasteiger partial charge in [-0.05, 0) is 42.0 Å². The van der Waals surface area contributed by atoms with Crippen LogP contribution < -0.4 is 9.47 Å². The molecule has 1 unspecified atom stereocenters. The Morgan fingerprint density at radius 1 is 1.09 bits per heavy atom. The Labute approximate surface area is 199 Å². The zero-order chi connectivity index (χ0) is 23.7. The smallest absolute Gasteiger partial charge is 0.296 e. The number of methoxy groups -OCH3 is 2. The highest BCUT2D eigenvalue weighted by Crippen LogP contribution is 2.44. The molecular weight excluding hydrogens is 469 g/mol. The minimum atomic E-state index is -0.900. The summed E-state index contributed by atoms with van der Waals surface area (Å²) in [6.45, 7) is 0.0263. The molecule has 1 amide bonds. The van der Waals surface area contributed by atoms with E-state index in [9.17, 15) is 14.7 Å². The maximum absolute atomic E-state index is 13.2. The van der Waals surface area contributed by atoms with E-state index in [1.165, 1.54) is 37.5 Å². The lowest BCUT2D eigenvalue weighted by molar-refractivity contribution is -0.140. The summed E-state index contributed by atoms with van der Waals surface area (Å²) in [6, 6.07) is 12.2. The summed E-state index contributed by atoms with van der Waals surface area (Å²) in [7, 11) is 2.91. The molecule has 1 N–H and O–H groups in total. The molecule has 2 aromatic carbocycles. The van der Waals surface area contributed by atoms with Crippen molar-refractivity contribution >= 4 is 40.7 Å². The number of rotatable bonds is 6. The van der Waals surface area contributed by atoms with E-state index in [0.717, 1.165) is 0 Å². The van der Waals surface area contributed by atoms with E-state index in [2.05, 4.69) is 0 Å². The van der Waals surface area contributed by atoms with E-state index >= 15 is 0 Å². The second kappa shape index (κ2) is 9.21. The van der Waals surface area contributed by atoms with Gasteiger partial charge in [0.2, 0.25) is 0 Å². The van der Waals surface area contributed by atoms with Crippen molar-refractivity contribution in [3.63, 3.8) is 0 Å². The molecule has 170 valence electrons. The zero-order valence-electron chi connectivity index (χ0n) is 17.7. The zero-order valence-corrected chi connectivity index (χ0v) is 19.2. The number of benzene rings is 2. The number of hydrogen-bond donors (Lipinski definition) is 1. The lowest BCUT2D eigenvalue weighted by Crippen LogP contribution is -2.29. The highest BCUT2D eigenvalue weighted by Gasteiger charge is 2.46. The molecule has 1 aliphatic rings. The second-order valence-electron chi connectivity index (χ2n) is 7.25. The van der Waals surface area contributed by atoms with Crippen molar-refractivity contribution in [2.75, 3.05) is 14.2 Å². The maximum atomic E-state index is 13.2. The number of ketones is 1. The van der Waals surface area contributed by atoms with Gasteiger partial charge >= 0.3 is 0 Å². The van der Waals surface area contributed by atoms with Crippen LogP contribution in [-0.2, 0) is 16.1 Å². The Morgan fingerprint density at radius 2 is 1.82 bits per heavy atom. The molecule has 2 heterocycles. The molecule has 9 heteroatoms. The predicted octanol–water partition coefficient (Wildman–Crippen LogP) is 5.23. The van der Waals surface area contributed by atoms with Gasteiger partial charge in [0.05, 0.1) is 49.2 Å². The number of halogens is 2. The summed E-state index contributed by atoms with van der Waals surface area (Å²) in [6.07, 6.45) is 1.48. The lowest BCUT2D eigenvalue weighted by Gasteiger charge is -2.25. The van der Waals surface area contributed by atoms with Gasteiger partial charge in [0.25, 0.3) is 11.7 Å². The van der Waals surface area contributed by atoms with Gasteiger partial charge in [-0.1, -0.05) is 35.3 Å². The van der Waals surface area contributed by atoms with Gasteiger partial charge in [0.1, 0.15) is 23.0 Å². The molecule has 1 aliphatic heterocycles. The summed E-state index contributed by atoms with van der Waals surface area (Å²) < 4.78 is 15.9. The minimum Gasteiger partial charge on any atom is -0.507 e. The van der Waals surface area contributed by atoms with Crippen LogP contribution >= 0.6 is 23.2 Å². The van der Waals surface area contributed by atoms with Crippen LogP contribution in [0.3, 0.4) is 0 Å². The maximum Gasteiger partial charge on any atom is 0.296 e. The number of aliphatic hydroxyl groups is 1. The number of ether oxygens (including phenoxy) is 2. The Morgan fingerprint density at radius 3 is 2.42 bits per heavy atom. The van der Waals surface area contributed by atoms with Crippen LogP contribution in [0.1, 0.15) is 22.9 Å². The normalized spacial score (nSPS) is 17.5. The SMILES string of the molecule is COc1ccc(C2/C(=C(\O)c3cc(Cl)cc(Cl)c3OC)C(=O)C(=O)N2Cc2ccco2)cc1. The molecule has 3 aromatic rings. The fraction of sp³-hybridized carbons (Fsp3) is 0.167. The first-order valence-electron chi connectivity index (χ1n) is 9.83. The second-order valence-corrected chi connectivity index (χ2v) is 8.09. The van der Waals surface area contributed by atoms with Gasteiger partial charge in [0, 0.05) is 5.02 Å². The highest BCUT2D eigenvalue weighted by molar-refractivity contribution is 6.46.